The Bertz CT molecular complexity index is 1280. The average molecular weight is 473 g/mol. The summed E-state index contributed by atoms with van der Waals surface area (Å²) in [5, 5.41) is 0.635. The van der Waals surface area contributed by atoms with Crippen molar-refractivity contribution in [1.29, 1.82) is 0 Å². The molecule has 0 spiro atoms. The van der Waals surface area contributed by atoms with Crippen LogP contribution in [0, 0.1) is 6.92 Å². The molecule has 2 aromatic carbocycles. The highest BCUT2D eigenvalue weighted by Gasteiger charge is 2.30. The first-order chi connectivity index (χ1) is 15.2. The second-order valence-electron chi connectivity index (χ2n) is 7.99. The molecule has 1 aliphatic rings. The van der Waals surface area contributed by atoms with Gasteiger partial charge >= 0.3 is 0 Å². The lowest BCUT2D eigenvalue weighted by Gasteiger charge is -2.31. The number of sulfonamides is 1. The molecule has 4 rings (SSSR count). The van der Waals surface area contributed by atoms with E-state index in [2.05, 4.69) is 0 Å². The van der Waals surface area contributed by atoms with Crippen LogP contribution in [0.5, 0.6) is 5.75 Å². The topological polar surface area (TPSA) is 68.6 Å². The van der Waals surface area contributed by atoms with E-state index >= 15 is 0 Å². The number of halogens is 1. The molecule has 1 aliphatic heterocycles. The molecule has 32 heavy (non-hydrogen) atoms. The molecule has 2 heterocycles. The first kappa shape index (κ1) is 22.6. The average Bonchev–Trinajstić information content (AvgIpc) is 2.78. The lowest BCUT2D eigenvalue weighted by atomic mass is 10.1. The summed E-state index contributed by atoms with van der Waals surface area (Å²) in [6.45, 7) is 2.58. The van der Waals surface area contributed by atoms with Crippen LogP contribution in [0.3, 0.4) is 0 Å². The number of benzene rings is 2. The SMILES string of the molecule is Cc1cc(OC2CCN(S(=O)(=O)c3ccc(-c4cccc(Cl)c4)cc3)CC2)cc(=O)n1C. The third-order valence-electron chi connectivity index (χ3n) is 5.83. The van der Waals surface area contributed by atoms with Crippen molar-refractivity contribution in [3.05, 3.63) is 81.7 Å². The molecule has 0 atom stereocenters. The van der Waals surface area contributed by atoms with Gasteiger partial charge in [-0.1, -0.05) is 35.9 Å². The molecule has 0 amide bonds. The van der Waals surface area contributed by atoms with Gasteiger partial charge in [0.15, 0.2) is 0 Å². The van der Waals surface area contributed by atoms with Gasteiger partial charge in [0, 0.05) is 36.9 Å². The number of piperidine rings is 1. The highest BCUT2D eigenvalue weighted by molar-refractivity contribution is 7.89. The van der Waals surface area contributed by atoms with E-state index in [1.54, 1.807) is 41.9 Å². The molecule has 8 heteroatoms. The summed E-state index contributed by atoms with van der Waals surface area (Å²) in [7, 11) is -1.87. The number of aryl methyl sites for hydroxylation is 1. The minimum Gasteiger partial charge on any atom is -0.490 e. The van der Waals surface area contributed by atoms with Gasteiger partial charge in [-0.05, 0) is 61.2 Å². The summed E-state index contributed by atoms with van der Waals surface area (Å²) >= 11 is 6.06. The molecule has 6 nitrogen and oxygen atoms in total. The summed E-state index contributed by atoms with van der Waals surface area (Å²) in [4.78, 5) is 12.2. The number of hydrogen-bond acceptors (Lipinski definition) is 4. The summed E-state index contributed by atoms with van der Waals surface area (Å²) in [5.74, 6) is 0.531. The van der Waals surface area contributed by atoms with E-state index in [4.69, 9.17) is 16.3 Å². The molecule has 168 valence electrons. The minimum atomic E-state index is -3.59. The highest BCUT2D eigenvalue weighted by Crippen LogP contribution is 2.27. The van der Waals surface area contributed by atoms with E-state index in [0.717, 1.165) is 16.8 Å². The van der Waals surface area contributed by atoms with E-state index in [-0.39, 0.29) is 16.6 Å². The maximum absolute atomic E-state index is 13.1. The third kappa shape index (κ3) is 4.75. The van der Waals surface area contributed by atoms with E-state index < -0.39 is 10.0 Å². The zero-order chi connectivity index (χ0) is 22.9. The number of pyridine rings is 1. The second-order valence-corrected chi connectivity index (χ2v) is 10.4. The van der Waals surface area contributed by atoms with Crippen molar-refractivity contribution in [2.75, 3.05) is 13.1 Å². The summed E-state index contributed by atoms with van der Waals surface area (Å²) in [5.41, 5.74) is 2.53. The first-order valence-corrected chi connectivity index (χ1v) is 12.3. The highest BCUT2D eigenvalue weighted by atomic mass is 35.5. The quantitative estimate of drug-likeness (QED) is 0.556. The van der Waals surface area contributed by atoms with Gasteiger partial charge in [0.05, 0.1) is 4.90 Å². The van der Waals surface area contributed by atoms with Crippen molar-refractivity contribution in [3.63, 3.8) is 0 Å². The van der Waals surface area contributed by atoms with Crippen molar-refractivity contribution < 1.29 is 13.2 Å². The van der Waals surface area contributed by atoms with Gasteiger partial charge in [-0.25, -0.2) is 8.42 Å². The Morgan fingerprint density at radius 2 is 1.66 bits per heavy atom. The van der Waals surface area contributed by atoms with Crippen molar-refractivity contribution in [2.24, 2.45) is 7.05 Å². The summed E-state index contributed by atoms with van der Waals surface area (Å²) in [6.07, 6.45) is 1.00. The van der Waals surface area contributed by atoms with Gasteiger partial charge in [0.2, 0.25) is 10.0 Å². The Balaban J connectivity index is 1.42. The first-order valence-electron chi connectivity index (χ1n) is 10.4. The van der Waals surface area contributed by atoms with Crippen LogP contribution in [0.15, 0.2) is 70.4 Å². The van der Waals surface area contributed by atoms with E-state index in [1.807, 2.05) is 31.2 Å². The predicted octanol–water partition coefficient (Wildman–Crippen LogP) is 4.25. The standard InChI is InChI=1S/C24H25ClN2O4S/c1-17-14-22(16-24(28)26(17)2)31-21-10-12-27(13-11-21)32(29,30)23-8-6-18(7-9-23)19-4-3-5-20(25)15-19/h3-9,14-16,21H,10-13H2,1-2H3. The molecule has 1 saturated heterocycles. The molecule has 0 aliphatic carbocycles. The van der Waals surface area contributed by atoms with Crippen molar-refractivity contribution >= 4 is 21.6 Å². The summed E-state index contributed by atoms with van der Waals surface area (Å²) in [6, 6.07) is 17.6. The van der Waals surface area contributed by atoms with Crippen LogP contribution in [0.4, 0.5) is 0 Å². The smallest absolute Gasteiger partial charge is 0.254 e. The fourth-order valence-electron chi connectivity index (χ4n) is 3.82. The van der Waals surface area contributed by atoms with Crippen LogP contribution in [-0.2, 0) is 17.1 Å². The number of ether oxygens (including phenoxy) is 1. The van der Waals surface area contributed by atoms with E-state index in [0.29, 0.717) is 36.7 Å². The fourth-order valence-corrected chi connectivity index (χ4v) is 5.48. The minimum absolute atomic E-state index is 0.124. The zero-order valence-electron chi connectivity index (χ0n) is 18.0. The lowest BCUT2D eigenvalue weighted by molar-refractivity contribution is 0.134. The molecule has 1 aromatic heterocycles. The molecule has 0 radical (unpaired) electrons. The Labute approximate surface area is 193 Å². The van der Waals surface area contributed by atoms with Crippen LogP contribution in [0.1, 0.15) is 18.5 Å². The zero-order valence-corrected chi connectivity index (χ0v) is 19.6. The van der Waals surface area contributed by atoms with Gasteiger partial charge < -0.3 is 9.30 Å². The van der Waals surface area contributed by atoms with Crippen LogP contribution in [0.2, 0.25) is 5.02 Å². The Hall–Kier alpha value is -2.61. The van der Waals surface area contributed by atoms with Crippen LogP contribution >= 0.6 is 11.6 Å². The fraction of sp³-hybridized carbons (Fsp3) is 0.292. The number of nitrogens with zero attached hydrogens (tertiary/aromatic N) is 2. The van der Waals surface area contributed by atoms with Crippen molar-refractivity contribution in [1.82, 2.24) is 8.87 Å². The third-order valence-corrected chi connectivity index (χ3v) is 7.98. The molecular formula is C24H25ClN2O4S. The van der Waals surface area contributed by atoms with Gasteiger partial charge in [-0.2, -0.15) is 4.31 Å². The lowest BCUT2D eigenvalue weighted by Crippen LogP contribution is -2.41. The molecule has 0 saturated carbocycles. The predicted molar refractivity (Wildman–Crippen MR) is 126 cm³/mol. The van der Waals surface area contributed by atoms with E-state index in [9.17, 15) is 13.2 Å². The van der Waals surface area contributed by atoms with Gasteiger partial charge in [0.25, 0.3) is 5.56 Å². The van der Waals surface area contributed by atoms with E-state index in [1.165, 1.54) is 10.4 Å². The van der Waals surface area contributed by atoms with Gasteiger partial charge in [-0.15, -0.1) is 0 Å². The van der Waals surface area contributed by atoms with Gasteiger partial charge in [-0.3, -0.25) is 4.79 Å². The Morgan fingerprint density at radius 3 is 2.28 bits per heavy atom. The number of aromatic nitrogens is 1. The van der Waals surface area contributed by atoms with Crippen LogP contribution in [-0.4, -0.2) is 36.5 Å². The largest absolute Gasteiger partial charge is 0.490 e. The molecule has 0 bridgehead atoms. The maximum atomic E-state index is 13.1. The molecule has 0 N–H and O–H groups in total. The van der Waals surface area contributed by atoms with Crippen molar-refractivity contribution in [2.45, 2.75) is 30.8 Å². The number of rotatable bonds is 5. The molecule has 3 aromatic rings. The molecule has 0 unspecified atom stereocenters. The normalized spacial score (nSPS) is 15.6. The van der Waals surface area contributed by atoms with Crippen LogP contribution in [0.25, 0.3) is 11.1 Å². The Morgan fingerprint density at radius 1 is 0.969 bits per heavy atom. The van der Waals surface area contributed by atoms with Crippen LogP contribution < -0.4 is 10.3 Å². The molecular weight excluding hydrogens is 448 g/mol. The monoisotopic (exact) mass is 472 g/mol. The van der Waals surface area contributed by atoms with Crippen molar-refractivity contribution in [3.8, 4) is 16.9 Å². The number of hydrogen-bond donors (Lipinski definition) is 0. The maximum Gasteiger partial charge on any atom is 0.254 e. The second kappa shape index (κ2) is 9.10. The summed E-state index contributed by atoms with van der Waals surface area (Å²) < 4.78 is 35.2. The van der Waals surface area contributed by atoms with Gasteiger partial charge in [0.1, 0.15) is 11.9 Å². The Kier molecular flexibility index (Phi) is 6.42. The molecule has 1 fully saturated rings.